The van der Waals surface area contributed by atoms with Crippen LogP contribution in [0.15, 0.2) is 0 Å². The van der Waals surface area contributed by atoms with Crippen LogP contribution in [-0.4, -0.2) is 80.5 Å². The number of aromatic nitrogens is 4. The number of carbonyl (C=O) groups is 2. The first kappa shape index (κ1) is 23.1. The number of piperidine rings is 1. The van der Waals surface area contributed by atoms with Crippen molar-refractivity contribution in [3.8, 4) is 0 Å². The minimum atomic E-state index is -0.752. The average molecular weight is 449 g/mol. The molecule has 0 amide bonds. The molecule has 10 heteroatoms. The molecule has 2 aliphatic heterocycles. The normalized spacial score (nSPS) is 33.1. The predicted molar refractivity (Wildman–Crippen MR) is 116 cm³/mol. The van der Waals surface area contributed by atoms with E-state index in [-0.39, 0.29) is 18.1 Å². The van der Waals surface area contributed by atoms with Crippen molar-refractivity contribution < 1.29 is 19.4 Å². The van der Waals surface area contributed by atoms with E-state index in [0.29, 0.717) is 43.7 Å². The molecule has 0 bridgehead atoms. The number of hydrogen-bond donors (Lipinski definition) is 2. The molecular weight excluding hydrogens is 412 g/mol. The molecule has 0 aromatic carbocycles. The quantitative estimate of drug-likeness (QED) is 0.566. The van der Waals surface area contributed by atoms with Crippen molar-refractivity contribution in [3.63, 3.8) is 0 Å². The molecule has 1 aromatic heterocycles. The maximum atomic E-state index is 12.7. The molecule has 3 heterocycles. The van der Waals surface area contributed by atoms with E-state index in [1.165, 1.54) is 0 Å². The largest absolute Gasteiger partial charge is 0.480 e. The van der Waals surface area contributed by atoms with E-state index in [0.717, 1.165) is 51.0 Å². The predicted octanol–water partition coefficient (Wildman–Crippen LogP) is 1.28. The number of fused-ring (bicyclic) bond motifs is 1. The second-order valence-electron chi connectivity index (χ2n) is 9.62. The molecule has 2 N–H and O–H groups in total. The molecule has 0 radical (unpaired) electrons. The number of esters is 1. The van der Waals surface area contributed by atoms with Crippen molar-refractivity contribution in [2.45, 2.75) is 76.9 Å². The first-order valence-electron chi connectivity index (χ1n) is 12.1. The van der Waals surface area contributed by atoms with Gasteiger partial charge in [0, 0.05) is 19.5 Å². The van der Waals surface area contributed by atoms with Crippen LogP contribution in [0.4, 0.5) is 0 Å². The van der Waals surface area contributed by atoms with E-state index in [4.69, 9.17) is 4.74 Å². The molecule has 1 aromatic rings. The fraction of sp³-hybridized carbons (Fsp3) is 0.864. The smallest absolute Gasteiger partial charge is 0.323 e. The van der Waals surface area contributed by atoms with Gasteiger partial charge in [0.15, 0.2) is 5.82 Å². The summed E-state index contributed by atoms with van der Waals surface area (Å²) in [6.07, 6.45) is 6.34. The minimum Gasteiger partial charge on any atom is -0.480 e. The van der Waals surface area contributed by atoms with Crippen LogP contribution >= 0.6 is 0 Å². The van der Waals surface area contributed by atoms with E-state index in [1.807, 2.05) is 6.92 Å². The van der Waals surface area contributed by atoms with Gasteiger partial charge in [-0.2, -0.15) is 4.80 Å². The zero-order valence-electron chi connectivity index (χ0n) is 19.2. The molecule has 0 spiro atoms. The Hall–Kier alpha value is -2.07. The lowest BCUT2D eigenvalue weighted by Crippen LogP contribution is -2.50. The molecule has 0 unspecified atom stereocenters. The summed E-state index contributed by atoms with van der Waals surface area (Å²) in [5.41, 5.74) is 0. The van der Waals surface area contributed by atoms with Crippen molar-refractivity contribution in [2.75, 3.05) is 26.2 Å². The van der Waals surface area contributed by atoms with Crippen LogP contribution in [0.1, 0.15) is 64.2 Å². The number of hydrogen-bond acceptors (Lipinski definition) is 8. The molecular formula is C22H36N6O4. The number of ether oxygens (including phenoxy) is 1. The Morgan fingerprint density at radius 2 is 2.03 bits per heavy atom. The van der Waals surface area contributed by atoms with Gasteiger partial charge in [-0.05, 0) is 75.0 Å². The second-order valence-corrected chi connectivity index (χ2v) is 9.62. The van der Waals surface area contributed by atoms with Crippen LogP contribution in [0.3, 0.4) is 0 Å². The lowest BCUT2D eigenvalue weighted by Gasteiger charge is -2.42. The van der Waals surface area contributed by atoms with E-state index in [2.05, 4.69) is 32.6 Å². The van der Waals surface area contributed by atoms with Gasteiger partial charge < -0.3 is 15.2 Å². The van der Waals surface area contributed by atoms with Crippen LogP contribution < -0.4 is 5.32 Å². The first-order chi connectivity index (χ1) is 15.5. The number of aryl methyl sites for hydroxylation is 1. The van der Waals surface area contributed by atoms with Crippen LogP contribution in [0.25, 0.3) is 0 Å². The van der Waals surface area contributed by atoms with Crippen molar-refractivity contribution in [1.29, 1.82) is 0 Å². The monoisotopic (exact) mass is 448 g/mol. The van der Waals surface area contributed by atoms with E-state index in [9.17, 15) is 14.7 Å². The summed E-state index contributed by atoms with van der Waals surface area (Å²) in [6, 6.07) is -0.721. The first-order valence-corrected chi connectivity index (χ1v) is 12.1. The van der Waals surface area contributed by atoms with Gasteiger partial charge in [0.25, 0.3) is 0 Å². The molecule has 10 nitrogen and oxygen atoms in total. The standard InChI is InChI=1S/C22H36N6O4/c1-3-5-20-24-26-28(25-20)17-10-19(22(31)32-4-2)27(13-17)12-14-6-7-15-11-23-18(21(29)30)9-16(15)8-14/h14-19,23H,3-13H2,1-2H3,(H,29,30)/t14-,15-,16+,17-,18-,19-/m0/s1. The van der Waals surface area contributed by atoms with Gasteiger partial charge in [0.1, 0.15) is 12.1 Å². The van der Waals surface area contributed by atoms with Crippen molar-refractivity contribution in [3.05, 3.63) is 5.82 Å². The number of likely N-dealkylation sites (tertiary alicyclic amines) is 1. The molecule has 6 atom stereocenters. The maximum Gasteiger partial charge on any atom is 0.323 e. The van der Waals surface area contributed by atoms with Gasteiger partial charge in [-0.3, -0.25) is 14.5 Å². The Kier molecular flexibility index (Phi) is 7.40. The lowest BCUT2D eigenvalue weighted by atomic mass is 9.69. The summed E-state index contributed by atoms with van der Waals surface area (Å²) in [6.45, 7) is 6.61. The van der Waals surface area contributed by atoms with Crippen LogP contribution in [0.5, 0.6) is 0 Å². The third-order valence-electron chi connectivity index (χ3n) is 7.41. The summed E-state index contributed by atoms with van der Waals surface area (Å²) in [5.74, 6) is 1.27. The highest BCUT2D eigenvalue weighted by atomic mass is 16.5. The van der Waals surface area contributed by atoms with Gasteiger partial charge in [0.2, 0.25) is 0 Å². The maximum absolute atomic E-state index is 12.7. The number of carboxylic acids is 1. The Labute approximate surface area is 189 Å². The Bertz CT molecular complexity index is 801. The summed E-state index contributed by atoms with van der Waals surface area (Å²) < 4.78 is 5.38. The fourth-order valence-electron chi connectivity index (χ4n) is 5.81. The van der Waals surface area contributed by atoms with Gasteiger partial charge in [0.05, 0.1) is 12.6 Å². The van der Waals surface area contributed by atoms with E-state index >= 15 is 0 Å². The highest BCUT2D eigenvalue weighted by molar-refractivity contribution is 5.76. The highest BCUT2D eigenvalue weighted by Gasteiger charge is 2.43. The Morgan fingerprint density at radius 1 is 1.19 bits per heavy atom. The zero-order valence-corrected chi connectivity index (χ0v) is 19.2. The van der Waals surface area contributed by atoms with Crippen molar-refractivity contribution >= 4 is 11.9 Å². The van der Waals surface area contributed by atoms with Crippen molar-refractivity contribution in [2.24, 2.45) is 17.8 Å². The number of nitrogens with one attached hydrogen (secondary N) is 1. The third kappa shape index (κ3) is 5.11. The van der Waals surface area contributed by atoms with Gasteiger partial charge in [-0.1, -0.05) is 6.92 Å². The van der Waals surface area contributed by atoms with E-state index in [1.54, 1.807) is 4.80 Å². The van der Waals surface area contributed by atoms with Gasteiger partial charge in [-0.15, -0.1) is 10.2 Å². The van der Waals surface area contributed by atoms with Crippen molar-refractivity contribution in [1.82, 2.24) is 30.4 Å². The highest BCUT2D eigenvalue weighted by Crippen LogP contribution is 2.40. The second kappa shape index (κ2) is 10.2. The topological polar surface area (TPSA) is 122 Å². The van der Waals surface area contributed by atoms with Crippen LogP contribution in [-0.2, 0) is 20.7 Å². The third-order valence-corrected chi connectivity index (χ3v) is 7.41. The summed E-state index contributed by atoms with van der Waals surface area (Å²) in [4.78, 5) is 28.1. The van der Waals surface area contributed by atoms with Crippen LogP contribution in [0.2, 0.25) is 0 Å². The summed E-state index contributed by atoms with van der Waals surface area (Å²) >= 11 is 0. The lowest BCUT2D eigenvalue weighted by molar-refractivity contribution is -0.149. The SMILES string of the molecule is CCCc1nnn([C@H]2C[C@@H](C(=O)OCC)N(C[C@H]3CC[C@H]4CN[C@H](C(=O)O)C[C@H]4C3)C2)n1. The number of nitrogens with zero attached hydrogens (tertiary/aromatic N) is 5. The molecule has 2 saturated heterocycles. The van der Waals surface area contributed by atoms with Crippen LogP contribution in [0, 0.1) is 17.8 Å². The molecule has 1 aliphatic carbocycles. The fourth-order valence-corrected chi connectivity index (χ4v) is 5.81. The Morgan fingerprint density at radius 3 is 2.78 bits per heavy atom. The number of tetrazole rings is 1. The molecule has 3 aliphatic rings. The number of aliphatic carboxylic acids is 1. The Balaban J connectivity index is 1.41. The molecule has 178 valence electrons. The van der Waals surface area contributed by atoms with Gasteiger partial charge in [-0.25, -0.2) is 0 Å². The molecule has 1 saturated carbocycles. The number of rotatable bonds is 8. The molecule has 4 rings (SSSR count). The molecule has 32 heavy (non-hydrogen) atoms. The average Bonchev–Trinajstić information content (AvgIpc) is 3.41. The number of carbonyl (C=O) groups excluding carboxylic acids is 1. The summed E-state index contributed by atoms with van der Waals surface area (Å²) in [5, 5.41) is 25.5. The molecule has 3 fully saturated rings. The summed E-state index contributed by atoms with van der Waals surface area (Å²) in [7, 11) is 0. The number of carboxylic acid groups (broad SMARTS) is 1. The van der Waals surface area contributed by atoms with E-state index < -0.39 is 12.0 Å². The van der Waals surface area contributed by atoms with Gasteiger partial charge >= 0.3 is 11.9 Å². The zero-order chi connectivity index (χ0) is 22.7. The minimum absolute atomic E-state index is 0.00845.